The van der Waals surface area contributed by atoms with Gasteiger partial charge in [0.1, 0.15) is 5.82 Å². The number of carbonyl (C=O) groups excluding carboxylic acids is 1. The Labute approximate surface area is 176 Å². The van der Waals surface area contributed by atoms with E-state index in [9.17, 15) is 4.79 Å². The zero-order valence-corrected chi connectivity index (χ0v) is 17.5. The molecular formula is C22H28N6O2. The van der Waals surface area contributed by atoms with Crippen LogP contribution in [0.15, 0.2) is 42.7 Å². The van der Waals surface area contributed by atoms with Gasteiger partial charge in [0.2, 0.25) is 5.91 Å². The van der Waals surface area contributed by atoms with Crippen LogP contribution >= 0.6 is 0 Å². The summed E-state index contributed by atoms with van der Waals surface area (Å²) in [5, 5.41) is 7.81. The van der Waals surface area contributed by atoms with Crippen LogP contribution in [0.3, 0.4) is 0 Å². The van der Waals surface area contributed by atoms with E-state index in [4.69, 9.17) is 9.72 Å². The molecule has 30 heavy (non-hydrogen) atoms. The second-order valence-electron chi connectivity index (χ2n) is 7.52. The molecule has 0 aliphatic carbocycles. The second-order valence-corrected chi connectivity index (χ2v) is 7.52. The number of methoxy groups -OCH3 is 1. The minimum atomic E-state index is 0.120. The third-order valence-corrected chi connectivity index (χ3v) is 5.45. The van der Waals surface area contributed by atoms with E-state index in [0.717, 1.165) is 41.2 Å². The number of fused-ring (bicyclic) bond motifs is 4. The van der Waals surface area contributed by atoms with Gasteiger partial charge >= 0.3 is 0 Å². The van der Waals surface area contributed by atoms with Crippen molar-refractivity contribution in [1.82, 2.24) is 19.5 Å². The first-order valence-electron chi connectivity index (χ1n) is 10.3. The molecule has 8 nitrogen and oxygen atoms in total. The highest BCUT2D eigenvalue weighted by molar-refractivity contribution is 5.80. The molecule has 1 amide bonds. The van der Waals surface area contributed by atoms with E-state index in [-0.39, 0.29) is 5.91 Å². The summed E-state index contributed by atoms with van der Waals surface area (Å²) in [6.45, 7) is 3.28. The largest absolute Gasteiger partial charge is 0.384 e. The third kappa shape index (κ3) is 4.38. The zero-order valence-electron chi connectivity index (χ0n) is 17.5. The molecule has 4 bridgehead atoms. The molecule has 0 spiro atoms. The second kappa shape index (κ2) is 9.13. The van der Waals surface area contributed by atoms with Crippen LogP contribution in [0.5, 0.6) is 0 Å². The number of amides is 1. The van der Waals surface area contributed by atoms with Gasteiger partial charge in [0.05, 0.1) is 19.2 Å². The third-order valence-electron chi connectivity index (χ3n) is 5.45. The van der Waals surface area contributed by atoms with Gasteiger partial charge < -0.3 is 19.9 Å². The smallest absolute Gasteiger partial charge is 0.224 e. The van der Waals surface area contributed by atoms with E-state index in [2.05, 4.69) is 46.6 Å². The summed E-state index contributed by atoms with van der Waals surface area (Å²) in [5.74, 6) is 0.894. The van der Waals surface area contributed by atoms with Gasteiger partial charge in [-0.15, -0.1) is 0 Å². The van der Waals surface area contributed by atoms with Crippen LogP contribution in [0.2, 0.25) is 0 Å². The van der Waals surface area contributed by atoms with Gasteiger partial charge in [-0.25, -0.2) is 9.50 Å². The van der Waals surface area contributed by atoms with Crippen LogP contribution < -0.4 is 10.2 Å². The van der Waals surface area contributed by atoms with Crippen molar-refractivity contribution >= 4 is 23.1 Å². The Morgan fingerprint density at radius 1 is 1.23 bits per heavy atom. The summed E-state index contributed by atoms with van der Waals surface area (Å²) in [7, 11) is 3.71. The number of nitrogens with one attached hydrogen (secondary N) is 1. The Balaban J connectivity index is 1.65. The first-order valence-corrected chi connectivity index (χ1v) is 10.3. The number of ether oxygens (including phenoxy) is 1. The number of carbonyl (C=O) groups is 1. The van der Waals surface area contributed by atoms with Crippen molar-refractivity contribution in [3.8, 4) is 11.1 Å². The molecule has 1 N–H and O–H groups in total. The fourth-order valence-corrected chi connectivity index (χ4v) is 3.74. The first kappa shape index (κ1) is 20.2. The van der Waals surface area contributed by atoms with Crippen molar-refractivity contribution in [1.29, 1.82) is 0 Å². The molecule has 0 fully saturated rings. The number of aromatic nitrogens is 3. The average Bonchev–Trinajstić information content (AvgIpc) is 3.19. The lowest BCUT2D eigenvalue weighted by atomic mass is 10.1. The molecule has 0 radical (unpaired) electrons. The van der Waals surface area contributed by atoms with Crippen molar-refractivity contribution in [3.05, 3.63) is 42.7 Å². The number of rotatable bonds is 3. The van der Waals surface area contributed by atoms with E-state index in [1.165, 1.54) is 0 Å². The Bertz CT molecular complexity index is 1020. The quantitative estimate of drug-likeness (QED) is 0.718. The fraction of sp³-hybridized carbons (Fsp3) is 0.409. The molecule has 1 aromatic carbocycles. The van der Waals surface area contributed by atoms with Gasteiger partial charge in [-0.3, -0.25) is 4.79 Å². The van der Waals surface area contributed by atoms with Crippen LogP contribution in [0, 0.1) is 0 Å². The van der Waals surface area contributed by atoms with Crippen LogP contribution in [0.25, 0.3) is 16.8 Å². The Morgan fingerprint density at radius 2 is 2.13 bits per heavy atom. The molecule has 8 heteroatoms. The predicted octanol–water partition coefficient (Wildman–Crippen LogP) is 2.51. The topological polar surface area (TPSA) is 75.0 Å². The summed E-state index contributed by atoms with van der Waals surface area (Å²) < 4.78 is 6.87. The highest BCUT2D eigenvalue weighted by Gasteiger charge is 2.15. The van der Waals surface area contributed by atoms with Crippen LogP contribution in [0.1, 0.15) is 12.8 Å². The molecule has 0 atom stereocenters. The van der Waals surface area contributed by atoms with Gasteiger partial charge in [0, 0.05) is 57.8 Å². The molecule has 1 aliphatic heterocycles. The number of anilines is 2. The van der Waals surface area contributed by atoms with Gasteiger partial charge in [0.15, 0.2) is 5.65 Å². The summed E-state index contributed by atoms with van der Waals surface area (Å²) in [6.07, 6.45) is 5.06. The van der Waals surface area contributed by atoms with E-state index in [1.807, 2.05) is 23.4 Å². The Kier molecular flexibility index (Phi) is 6.13. The molecule has 0 unspecified atom stereocenters. The molecule has 4 rings (SSSR count). The lowest BCUT2D eigenvalue weighted by Crippen LogP contribution is -2.37. The average molecular weight is 409 g/mol. The highest BCUT2D eigenvalue weighted by Crippen LogP contribution is 2.27. The number of nitrogens with zero attached hydrogens (tertiary/aromatic N) is 5. The minimum absolute atomic E-state index is 0.120. The van der Waals surface area contributed by atoms with Crippen LogP contribution in [-0.4, -0.2) is 72.3 Å². The van der Waals surface area contributed by atoms with E-state index in [1.54, 1.807) is 11.6 Å². The lowest BCUT2D eigenvalue weighted by molar-refractivity contribution is -0.132. The molecule has 3 heterocycles. The van der Waals surface area contributed by atoms with E-state index < -0.39 is 0 Å². The Morgan fingerprint density at radius 3 is 3.00 bits per heavy atom. The summed E-state index contributed by atoms with van der Waals surface area (Å²) >= 11 is 0. The predicted molar refractivity (Wildman–Crippen MR) is 118 cm³/mol. The maximum Gasteiger partial charge on any atom is 0.224 e. The van der Waals surface area contributed by atoms with E-state index >= 15 is 0 Å². The van der Waals surface area contributed by atoms with Gasteiger partial charge in [-0.05, 0) is 30.2 Å². The number of benzene rings is 1. The molecular weight excluding hydrogens is 380 g/mol. The molecule has 0 saturated heterocycles. The summed E-state index contributed by atoms with van der Waals surface area (Å²) in [6, 6.07) is 10.3. The molecule has 0 saturated carbocycles. The van der Waals surface area contributed by atoms with Crippen molar-refractivity contribution in [2.45, 2.75) is 12.8 Å². The minimum Gasteiger partial charge on any atom is -0.384 e. The molecule has 158 valence electrons. The van der Waals surface area contributed by atoms with Crippen LogP contribution in [0.4, 0.5) is 11.5 Å². The monoisotopic (exact) mass is 408 g/mol. The summed E-state index contributed by atoms with van der Waals surface area (Å²) in [4.78, 5) is 21.5. The molecule has 2 aromatic heterocycles. The molecule has 1 aliphatic rings. The lowest BCUT2D eigenvalue weighted by Gasteiger charge is -2.25. The highest BCUT2D eigenvalue weighted by atomic mass is 16.5. The maximum atomic E-state index is 12.6. The summed E-state index contributed by atoms with van der Waals surface area (Å²) in [5.41, 5.74) is 4.03. The van der Waals surface area contributed by atoms with Crippen molar-refractivity contribution in [3.63, 3.8) is 0 Å². The van der Waals surface area contributed by atoms with Crippen LogP contribution in [-0.2, 0) is 9.53 Å². The van der Waals surface area contributed by atoms with Gasteiger partial charge in [-0.1, -0.05) is 12.1 Å². The number of hydrogen-bond donors (Lipinski definition) is 1. The normalized spacial score (nSPS) is 15.0. The van der Waals surface area contributed by atoms with E-state index in [0.29, 0.717) is 32.7 Å². The standard InChI is InChI=1S/C22H28N6O2/c1-26-10-4-11-27(21(29)8-14-30-2)13-9-23-20-7-12-28-22(25-20)19(16-24-28)17-5-3-6-18(26)15-17/h3,5-7,12,15-16H,4,8-11,13-14H2,1-2H3,(H,23,25). The zero-order chi connectivity index (χ0) is 20.9. The van der Waals surface area contributed by atoms with Gasteiger partial charge in [-0.2, -0.15) is 5.10 Å². The van der Waals surface area contributed by atoms with Gasteiger partial charge in [0.25, 0.3) is 0 Å². The molecule has 3 aromatic rings. The number of hydrogen-bond acceptors (Lipinski definition) is 6. The van der Waals surface area contributed by atoms with Crippen molar-refractivity contribution in [2.75, 3.05) is 57.2 Å². The Hall–Kier alpha value is -3.13. The maximum absolute atomic E-state index is 12.6. The van der Waals surface area contributed by atoms with Crippen molar-refractivity contribution in [2.24, 2.45) is 0 Å². The first-order chi connectivity index (χ1) is 14.7. The van der Waals surface area contributed by atoms with Crippen molar-refractivity contribution < 1.29 is 9.53 Å². The SMILES string of the molecule is COCCC(=O)N1CCCN(C)c2cccc(c2)-c2cnn3ccc(nc23)NCC1. The fourth-order valence-electron chi connectivity index (χ4n) is 3.74.